The van der Waals surface area contributed by atoms with Gasteiger partial charge in [0.2, 0.25) is 5.91 Å². The lowest BCUT2D eigenvalue weighted by Gasteiger charge is -2.11. The molecular weight excluding hydrogens is 226 g/mol. The van der Waals surface area contributed by atoms with E-state index in [1.807, 2.05) is 42.5 Å². The second-order valence-electron chi connectivity index (χ2n) is 4.33. The molecule has 3 heteroatoms. The molecule has 0 aliphatic heterocycles. The zero-order valence-corrected chi connectivity index (χ0v) is 10.2. The van der Waals surface area contributed by atoms with Gasteiger partial charge in [0.1, 0.15) is 6.29 Å². The highest BCUT2D eigenvalue weighted by Gasteiger charge is 2.09. The molecule has 0 heterocycles. The molecule has 0 aromatic heterocycles. The predicted molar refractivity (Wildman–Crippen MR) is 71.3 cm³/mol. The smallest absolute Gasteiger partial charge is 0.217 e. The average molecular weight is 241 g/mol. The Labute approximate surface area is 106 Å². The van der Waals surface area contributed by atoms with E-state index in [1.165, 1.54) is 12.3 Å². The van der Waals surface area contributed by atoms with E-state index in [0.717, 1.165) is 17.2 Å². The summed E-state index contributed by atoms with van der Waals surface area (Å²) in [5, 5.41) is 4.93. The van der Waals surface area contributed by atoms with Crippen molar-refractivity contribution in [1.29, 1.82) is 0 Å². The first kappa shape index (κ1) is 12.3. The van der Waals surface area contributed by atoms with Crippen LogP contribution in [0.5, 0.6) is 0 Å². The molecule has 0 bridgehead atoms. The van der Waals surface area contributed by atoms with Gasteiger partial charge in [-0.2, -0.15) is 0 Å². The highest BCUT2D eigenvalue weighted by atomic mass is 16.2. The van der Waals surface area contributed by atoms with Crippen LogP contribution in [0.4, 0.5) is 0 Å². The van der Waals surface area contributed by atoms with Crippen molar-refractivity contribution in [3.05, 3.63) is 48.0 Å². The van der Waals surface area contributed by atoms with E-state index < -0.39 is 6.04 Å². The number of amides is 1. The third-order valence-corrected chi connectivity index (χ3v) is 2.82. The van der Waals surface area contributed by atoms with Gasteiger partial charge in [0, 0.05) is 6.92 Å². The summed E-state index contributed by atoms with van der Waals surface area (Å²) in [7, 11) is 0. The Kier molecular flexibility index (Phi) is 3.72. The van der Waals surface area contributed by atoms with Gasteiger partial charge >= 0.3 is 0 Å². The highest BCUT2D eigenvalue weighted by Crippen LogP contribution is 2.16. The first-order valence-electron chi connectivity index (χ1n) is 5.89. The molecule has 1 N–H and O–H groups in total. The molecule has 0 aliphatic carbocycles. The molecule has 92 valence electrons. The Morgan fingerprint density at radius 2 is 1.94 bits per heavy atom. The van der Waals surface area contributed by atoms with Crippen LogP contribution in [-0.2, 0) is 16.0 Å². The minimum atomic E-state index is -0.455. The Balaban J connectivity index is 2.20. The lowest BCUT2D eigenvalue weighted by molar-refractivity contribution is -0.122. The molecule has 2 rings (SSSR count). The maximum atomic E-state index is 10.9. The number of nitrogens with one attached hydrogen (secondary N) is 1. The summed E-state index contributed by atoms with van der Waals surface area (Å²) >= 11 is 0. The van der Waals surface area contributed by atoms with Gasteiger partial charge in [-0.3, -0.25) is 4.79 Å². The topological polar surface area (TPSA) is 46.2 Å². The van der Waals surface area contributed by atoms with E-state index in [1.54, 1.807) is 0 Å². The van der Waals surface area contributed by atoms with Crippen LogP contribution in [0.25, 0.3) is 10.8 Å². The van der Waals surface area contributed by atoms with Crippen LogP contribution in [0.1, 0.15) is 12.5 Å². The van der Waals surface area contributed by atoms with E-state index in [2.05, 4.69) is 5.32 Å². The second-order valence-corrected chi connectivity index (χ2v) is 4.33. The fraction of sp³-hybridized carbons (Fsp3) is 0.200. The Morgan fingerprint density at radius 1 is 1.22 bits per heavy atom. The Bertz CT molecular complexity index is 577. The van der Waals surface area contributed by atoms with Crippen LogP contribution in [0.15, 0.2) is 42.5 Å². The monoisotopic (exact) mass is 241 g/mol. The first-order valence-corrected chi connectivity index (χ1v) is 5.89. The number of hydrogen-bond acceptors (Lipinski definition) is 2. The standard InChI is InChI=1S/C15H15NO2/c1-11(18)16-15(10-17)9-12-6-7-13-4-2-3-5-14(13)8-12/h2-8,10,15H,9H2,1H3,(H,16,18)/t15-/m0/s1. The van der Waals surface area contributed by atoms with Crippen molar-refractivity contribution in [3.8, 4) is 0 Å². The number of aldehydes is 1. The summed E-state index contributed by atoms with van der Waals surface area (Å²) in [6.45, 7) is 1.41. The van der Waals surface area contributed by atoms with Crippen molar-refractivity contribution in [3.63, 3.8) is 0 Å². The van der Waals surface area contributed by atoms with Crippen molar-refractivity contribution in [2.45, 2.75) is 19.4 Å². The summed E-state index contributed by atoms with van der Waals surface area (Å²) < 4.78 is 0. The number of carbonyl (C=O) groups is 2. The molecule has 2 aromatic carbocycles. The number of rotatable bonds is 4. The third-order valence-electron chi connectivity index (χ3n) is 2.82. The fourth-order valence-corrected chi connectivity index (χ4v) is 2.01. The van der Waals surface area contributed by atoms with Crippen LogP contribution in [-0.4, -0.2) is 18.2 Å². The summed E-state index contributed by atoms with van der Waals surface area (Å²) in [6, 6.07) is 13.7. The van der Waals surface area contributed by atoms with Gasteiger partial charge in [-0.15, -0.1) is 0 Å². The number of benzene rings is 2. The van der Waals surface area contributed by atoms with Gasteiger partial charge in [0.05, 0.1) is 6.04 Å². The normalized spacial score (nSPS) is 12.1. The Hall–Kier alpha value is -2.16. The van der Waals surface area contributed by atoms with Crippen molar-refractivity contribution >= 4 is 23.0 Å². The minimum Gasteiger partial charge on any atom is -0.346 e. The molecule has 1 amide bonds. The van der Waals surface area contributed by atoms with E-state index in [-0.39, 0.29) is 5.91 Å². The van der Waals surface area contributed by atoms with E-state index >= 15 is 0 Å². The number of hydrogen-bond donors (Lipinski definition) is 1. The van der Waals surface area contributed by atoms with Crippen molar-refractivity contribution in [1.82, 2.24) is 5.32 Å². The van der Waals surface area contributed by atoms with Crippen LogP contribution in [0, 0.1) is 0 Å². The molecular formula is C15H15NO2. The number of fused-ring (bicyclic) bond motifs is 1. The molecule has 0 saturated heterocycles. The van der Waals surface area contributed by atoms with Gasteiger partial charge in [-0.05, 0) is 22.8 Å². The summed E-state index contributed by atoms with van der Waals surface area (Å²) in [5.74, 6) is -0.187. The molecule has 0 saturated carbocycles. The van der Waals surface area contributed by atoms with Crippen molar-refractivity contribution in [2.24, 2.45) is 0 Å². The van der Waals surface area contributed by atoms with Crippen LogP contribution >= 0.6 is 0 Å². The molecule has 1 atom stereocenters. The molecule has 0 fully saturated rings. The first-order chi connectivity index (χ1) is 8.69. The molecule has 0 unspecified atom stereocenters. The van der Waals surface area contributed by atoms with Crippen LogP contribution in [0.3, 0.4) is 0 Å². The average Bonchev–Trinajstić information content (AvgIpc) is 2.37. The molecule has 2 aromatic rings. The highest BCUT2D eigenvalue weighted by molar-refractivity contribution is 5.83. The maximum absolute atomic E-state index is 10.9. The zero-order valence-electron chi connectivity index (χ0n) is 10.2. The van der Waals surface area contributed by atoms with Crippen LogP contribution in [0.2, 0.25) is 0 Å². The van der Waals surface area contributed by atoms with Gasteiger partial charge in [0.25, 0.3) is 0 Å². The minimum absolute atomic E-state index is 0.187. The zero-order chi connectivity index (χ0) is 13.0. The van der Waals surface area contributed by atoms with E-state index in [9.17, 15) is 9.59 Å². The summed E-state index contributed by atoms with van der Waals surface area (Å²) in [5.41, 5.74) is 1.04. The molecule has 0 spiro atoms. The third kappa shape index (κ3) is 2.94. The second kappa shape index (κ2) is 5.45. The van der Waals surface area contributed by atoms with Crippen molar-refractivity contribution < 1.29 is 9.59 Å². The summed E-state index contributed by atoms with van der Waals surface area (Å²) in [4.78, 5) is 21.8. The van der Waals surface area contributed by atoms with Crippen LogP contribution < -0.4 is 5.32 Å². The van der Waals surface area contributed by atoms with Gasteiger partial charge in [-0.25, -0.2) is 0 Å². The largest absolute Gasteiger partial charge is 0.346 e. The molecule has 3 nitrogen and oxygen atoms in total. The van der Waals surface area contributed by atoms with Crippen molar-refractivity contribution in [2.75, 3.05) is 0 Å². The molecule has 0 radical (unpaired) electrons. The van der Waals surface area contributed by atoms with Gasteiger partial charge < -0.3 is 10.1 Å². The van der Waals surface area contributed by atoms with Gasteiger partial charge in [0.15, 0.2) is 0 Å². The lowest BCUT2D eigenvalue weighted by Crippen LogP contribution is -2.35. The lowest BCUT2D eigenvalue weighted by atomic mass is 10.0. The molecule has 18 heavy (non-hydrogen) atoms. The van der Waals surface area contributed by atoms with Gasteiger partial charge in [-0.1, -0.05) is 42.5 Å². The molecule has 0 aliphatic rings. The fourth-order valence-electron chi connectivity index (χ4n) is 2.01. The van der Waals surface area contributed by atoms with E-state index in [4.69, 9.17) is 0 Å². The number of carbonyl (C=O) groups excluding carboxylic acids is 2. The SMILES string of the molecule is CC(=O)N[C@H](C=O)Cc1ccc2ccccc2c1. The quantitative estimate of drug-likeness (QED) is 0.833. The summed E-state index contributed by atoms with van der Waals surface area (Å²) in [6.07, 6.45) is 1.30. The Morgan fingerprint density at radius 3 is 2.61 bits per heavy atom. The maximum Gasteiger partial charge on any atom is 0.217 e. The predicted octanol–water partition coefficient (Wildman–Crippen LogP) is 2.09. The van der Waals surface area contributed by atoms with E-state index in [0.29, 0.717) is 6.42 Å².